The second-order valence-electron chi connectivity index (χ2n) is 5.40. The number of nitrogens with one attached hydrogen (secondary N) is 1. The van der Waals surface area contributed by atoms with Crippen LogP contribution in [0, 0.1) is 6.92 Å². The fraction of sp³-hybridized carbons (Fsp3) is 0.105. The van der Waals surface area contributed by atoms with Gasteiger partial charge < -0.3 is 0 Å². The number of anilines is 1. The molecule has 2 aromatic carbocycles. The first-order valence-electron chi connectivity index (χ1n) is 7.59. The Labute approximate surface area is 149 Å². The Morgan fingerprint density at radius 3 is 2.42 bits per heavy atom. The minimum absolute atomic E-state index is 0.491. The molecule has 3 rings (SSSR count). The van der Waals surface area contributed by atoms with Crippen LogP contribution in [-0.2, 0) is 0 Å². The molecule has 5 heteroatoms. The molecule has 0 saturated heterocycles. The summed E-state index contributed by atoms with van der Waals surface area (Å²) in [4.78, 5) is 8.95. The van der Waals surface area contributed by atoms with E-state index in [0.29, 0.717) is 5.95 Å². The highest BCUT2D eigenvalue weighted by molar-refractivity contribution is 9.10. The maximum atomic E-state index is 4.55. The highest BCUT2D eigenvalue weighted by Gasteiger charge is 2.04. The number of hydrazone groups is 1. The summed E-state index contributed by atoms with van der Waals surface area (Å²) in [7, 11) is 0. The largest absolute Gasteiger partial charge is 0.245 e. The normalized spacial score (nSPS) is 11.4. The maximum absolute atomic E-state index is 4.55. The lowest BCUT2D eigenvalue weighted by Gasteiger charge is -2.07. The molecule has 0 bridgehead atoms. The van der Waals surface area contributed by atoms with Crippen LogP contribution in [0.3, 0.4) is 0 Å². The molecule has 1 N–H and O–H groups in total. The average Bonchev–Trinajstić information content (AvgIpc) is 2.60. The van der Waals surface area contributed by atoms with Gasteiger partial charge in [-0.25, -0.2) is 15.4 Å². The average molecular weight is 381 g/mol. The molecule has 0 saturated carbocycles. The fourth-order valence-corrected chi connectivity index (χ4v) is 2.53. The molecular formula is C19H17BrN4. The Hall–Kier alpha value is -2.53. The molecule has 0 atom stereocenters. The van der Waals surface area contributed by atoms with E-state index >= 15 is 0 Å². The minimum atomic E-state index is 0.491. The first kappa shape index (κ1) is 16.3. The van der Waals surface area contributed by atoms with E-state index in [1.54, 1.807) is 0 Å². The molecule has 0 aliphatic heterocycles. The van der Waals surface area contributed by atoms with Gasteiger partial charge in [-0.05, 0) is 37.6 Å². The van der Waals surface area contributed by atoms with Crippen LogP contribution in [0.25, 0.3) is 11.3 Å². The second-order valence-corrected chi connectivity index (χ2v) is 6.32. The van der Waals surface area contributed by atoms with E-state index < -0.39 is 0 Å². The first-order chi connectivity index (χ1) is 11.6. The third-order valence-electron chi connectivity index (χ3n) is 3.51. The van der Waals surface area contributed by atoms with E-state index in [1.165, 1.54) is 0 Å². The van der Waals surface area contributed by atoms with Crippen molar-refractivity contribution < 1.29 is 0 Å². The van der Waals surface area contributed by atoms with Crippen molar-refractivity contribution in [3.05, 3.63) is 76.4 Å². The molecule has 1 aromatic heterocycles. The Balaban J connectivity index is 1.84. The molecule has 24 heavy (non-hydrogen) atoms. The standard InChI is InChI=1S/C19H17BrN4/c1-13-12-18(16-6-4-3-5-7-16)22-19(21-13)24-23-14(2)15-8-10-17(20)11-9-15/h3-12H,1-2H3,(H,21,22,24)/b23-14-. The van der Waals surface area contributed by atoms with E-state index in [-0.39, 0.29) is 0 Å². The number of hydrogen-bond acceptors (Lipinski definition) is 4. The van der Waals surface area contributed by atoms with Gasteiger partial charge in [0.05, 0.1) is 11.4 Å². The Morgan fingerprint density at radius 2 is 1.71 bits per heavy atom. The zero-order valence-corrected chi connectivity index (χ0v) is 15.1. The van der Waals surface area contributed by atoms with Crippen LogP contribution in [-0.4, -0.2) is 15.7 Å². The maximum Gasteiger partial charge on any atom is 0.244 e. The molecule has 0 aliphatic carbocycles. The third-order valence-corrected chi connectivity index (χ3v) is 4.04. The van der Waals surface area contributed by atoms with Crippen molar-refractivity contribution in [3.63, 3.8) is 0 Å². The Bertz CT molecular complexity index is 858. The number of nitrogens with zero attached hydrogens (tertiary/aromatic N) is 3. The highest BCUT2D eigenvalue weighted by Crippen LogP contribution is 2.19. The van der Waals surface area contributed by atoms with Gasteiger partial charge >= 0.3 is 0 Å². The van der Waals surface area contributed by atoms with Gasteiger partial charge in [0.1, 0.15) is 0 Å². The lowest BCUT2D eigenvalue weighted by molar-refractivity contribution is 1.07. The monoisotopic (exact) mass is 380 g/mol. The van der Waals surface area contributed by atoms with Crippen LogP contribution < -0.4 is 5.43 Å². The SMILES string of the molecule is C/C(=N/Nc1nc(C)cc(-c2ccccc2)n1)c1ccc(Br)cc1. The molecule has 0 aliphatic rings. The molecule has 0 radical (unpaired) electrons. The van der Waals surface area contributed by atoms with Gasteiger partial charge in [-0.3, -0.25) is 0 Å². The summed E-state index contributed by atoms with van der Waals surface area (Å²) in [5.74, 6) is 0.491. The van der Waals surface area contributed by atoms with Crippen molar-refractivity contribution in [2.45, 2.75) is 13.8 Å². The zero-order chi connectivity index (χ0) is 16.9. The van der Waals surface area contributed by atoms with Crippen LogP contribution in [0.2, 0.25) is 0 Å². The predicted octanol–water partition coefficient (Wildman–Crippen LogP) is 5.05. The summed E-state index contributed by atoms with van der Waals surface area (Å²) in [5, 5.41) is 4.40. The molecule has 0 spiro atoms. The van der Waals surface area contributed by atoms with E-state index in [2.05, 4.69) is 36.4 Å². The number of hydrogen-bond donors (Lipinski definition) is 1. The Morgan fingerprint density at radius 1 is 1.00 bits per heavy atom. The van der Waals surface area contributed by atoms with Gasteiger partial charge in [0.2, 0.25) is 5.95 Å². The van der Waals surface area contributed by atoms with Crippen molar-refractivity contribution in [2.75, 3.05) is 5.43 Å². The van der Waals surface area contributed by atoms with Crippen LogP contribution in [0.4, 0.5) is 5.95 Å². The number of rotatable bonds is 4. The topological polar surface area (TPSA) is 50.2 Å². The summed E-state index contributed by atoms with van der Waals surface area (Å²) < 4.78 is 1.04. The summed E-state index contributed by atoms with van der Waals surface area (Å²) in [6.07, 6.45) is 0. The minimum Gasteiger partial charge on any atom is -0.245 e. The molecule has 120 valence electrons. The highest BCUT2D eigenvalue weighted by atomic mass is 79.9. The first-order valence-corrected chi connectivity index (χ1v) is 8.38. The summed E-state index contributed by atoms with van der Waals surface area (Å²) in [6, 6.07) is 20.0. The van der Waals surface area contributed by atoms with E-state index in [1.807, 2.05) is 74.5 Å². The molecular weight excluding hydrogens is 364 g/mol. The number of aromatic nitrogens is 2. The van der Waals surface area contributed by atoms with E-state index in [0.717, 1.165) is 32.7 Å². The molecule has 0 fully saturated rings. The van der Waals surface area contributed by atoms with Crippen molar-refractivity contribution in [1.29, 1.82) is 0 Å². The lowest BCUT2D eigenvalue weighted by Crippen LogP contribution is -2.03. The summed E-state index contributed by atoms with van der Waals surface area (Å²) >= 11 is 3.43. The smallest absolute Gasteiger partial charge is 0.244 e. The van der Waals surface area contributed by atoms with Gasteiger partial charge in [0, 0.05) is 15.7 Å². The molecule has 0 amide bonds. The zero-order valence-electron chi connectivity index (χ0n) is 13.5. The molecule has 1 heterocycles. The van der Waals surface area contributed by atoms with Gasteiger partial charge in [-0.1, -0.05) is 58.4 Å². The number of halogens is 1. The van der Waals surface area contributed by atoms with Crippen molar-refractivity contribution >= 4 is 27.6 Å². The number of aryl methyl sites for hydroxylation is 1. The van der Waals surface area contributed by atoms with Gasteiger partial charge in [0.15, 0.2) is 0 Å². The number of benzene rings is 2. The predicted molar refractivity (Wildman–Crippen MR) is 102 cm³/mol. The van der Waals surface area contributed by atoms with Gasteiger partial charge in [-0.15, -0.1) is 0 Å². The summed E-state index contributed by atoms with van der Waals surface area (Å²) in [5.41, 5.74) is 7.70. The third kappa shape index (κ3) is 4.06. The Kier molecular flexibility index (Phi) is 5.01. The molecule has 0 unspecified atom stereocenters. The van der Waals surface area contributed by atoms with Crippen molar-refractivity contribution in [1.82, 2.24) is 9.97 Å². The van der Waals surface area contributed by atoms with E-state index in [9.17, 15) is 0 Å². The van der Waals surface area contributed by atoms with Crippen LogP contribution in [0.1, 0.15) is 18.2 Å². The van der Waals surface area contributed by atoms with E-state index in [4.69, 9.17) is 0 Å². The van der Waals surface area contributed by atoms with Crippen LogP contribution in [0.5, 0.6) is 0 Å². The van der Waals surface area contributed by atoms with Crippen molar-refractivity contribution in [3.8, 4) is 11.3 Å². The lowest BCUT2D eigenvalue weighted by atomic mass is 10.1. The van der Waals surface area contributed by atoms with Gasteiger partial charge in [-0.2, -0.15) is 5.10 Å². The second kappa shape index (κ2) is 7.36. The van der Waals surface area contributed by atoms with Crippen molar-refractivity contribution in [2.24, 2.45) is 5.10 Å². The van der Waals surface area contributed by atoms with Gasteiger partial charge in [0.25, 0.3) is 0 Å². The fourth-order valence-electron chi connectivity index (χ4n) is 2.26. The van der Waals surface area contributed by atoms with Crippen LogP contribution in [0.15, 0.2) is 70.2 Å². The molecule has 3 aromatic rings. The van der Waals surface area contributed by atoms with Crippen LogP contribution >= 0.6 is 15.9 Å². The molecule has 4 nitrogen and oxygen atoms in total. The summed E-state index contributed by atoms with van der Waals surface area (Å²) in [6.45, 7) is 3.90. The quantitative estimate of drug-likeness (QED) is 0.508.